The lowest BCUT2D eigenvalue weighted by Gasteiger charge is -2.15. The molecule has 1 aromatic rings. The van der Waals surface area contributed by atoms with Crippen LogP contribution in [0.3, 0.4) is 0 Å². The number of rotatable bonds is 6. The molecule has 1 saturated carbocycles. The summed E-state index contributed by atoms with van der Waals surface area (Å²) in [5, 5.41) is 9.00. The number of pyridine rings is 1. The van der Waals surface area contributed by atoms with Crippen LogP contribution in [-0.2, 0) is 0 Å². The lowest BCUT2D eigenvalue weighted by atomic mass is 10.3. The van der Waals surface area contributed by atoms with Crippen LogP contribution in [0.2, 0.25) is 5.02 Å². The van der Waals surface area contributed by atoms with Gasteiger partial charge in [-0.15, -0.1) is 0 Å². The third-order valence-electron chi connectivity index (χ3n) is 2.91. The number of carbonyl (C=O) groups is 1. The number of halogens is 1. The van der Waals surface area contributed by atoms with Gasteiger partial charge in [-0.3, -0.25) is 0 Å². The third kappa shape index (κ3) is 3.34. The molecule has 0 bridgehead atoms. The zero-order valence-corrected chi connectivity index (χ0v) is 10.9. The van der Waals surface area contributed by atoms with Gasteiger partial charge in [-0.05, 0) is 26.0 Å². The average molecular weight is 271 g/mol. The van der Waals surface area contributed by atoms with Crippen LogP contribution in [0.1, 0.15) is 23.2 Å². The van der Waals surface area contributed by atoms with Crippen LogP contribution >= 0.6 is 11.6 Å². The summed E-state index contributed by atoms with van der Waals surface area (Å²) in [5.74, 6) is -0.768. The molecule has 98 valence electrons. The number of likely N-dealkylation sites (N-methyl/N-ethyl adjacent to an activating group) is 1. The van der Waals surface area contributed by atoms with Crippen LogP contribution in [0.15, 0.2) is 12.3 Å². The molecule has 1 N–H and O–H groups in total. The highest BCUT2D eigenvalue weighted by atomic mass is 35.5. The van der Waals surface area contributed by atoms with Crippen LogP contribution in [0.5, 0.6) is 5.88 Å². The van der Waals surface area contributed by atoms with Crippen molar-refractivity contribution in [1.29, 1.82) is 0 Å². The minimum Gasteiger partial charge on any atom is -0.478 e. The van der Waals surface area contributed by atoms with Crippen molar-refractivity contribution in [2.45, 2.75) is 18.9 Å². The molecule has 6 heteroatoms. The van der Waals surface area contributed by atoms with E-state index in [1.807, 2.05) is 0 Å². The molecule has 0 aliphatic heterocycles. The minimum absolute atomic E-state index is 0.0578. The van der Waals surface area contributed by atoms with E-state index in [2.05, 4.69) is 16.9 Å². The van der Waals surface area contributed by atoms with Gasteiger partial charge in [0.2, 0.25) is 5.88 Å². The molecule has 0 spiro atoms. The first-order valence-electron chi connectivity index (χ1n) is 5.80. The highest BCUT2D eigenvalue weighted by molar-refractivity contribution is 6.32. The largest absolute Gasteiger partial charge is 0.478 e. The zero-order chi connectivity index (χ0) is 13.1. The second kappa shape index (κ2) is 5.54. The standard InChI is InChI=1S/C12H15ClN2O3/c1-15(9-2-3-9)4-5-18-11-10(13)6-8(7-14-11)12(16)17/h6-7,9H,2-5H2,1H3,(H,16,17). The van der Waals surface area contributed by atoms with Crippen molar-refractivity contribution in [3.05, 3.63) is 22.8 Å². The van der Waals surface area contributed by atoms with Crippen LogP contribution in [0, 0.1) is 0 Å². The fourth-order valence-electron chi connectivity index (χ4n) is 1.63. The van der Waals surface area contributed by atoms with E-state index in [0.29, 0.717) is 12.6 Å². The molecule has 18 heavy (non-hydrogen) atoms. The van der Waals surface area contributed by atoms with E-state index in [1.54, 1.807) is 0 Å². The van der Waals surface area contributed by atoms with Gasteiger partial charge in [0.25, 0.3) is 0 Å². The Bertz CT molecular complexity index is 449. The first kappa shape index (κ1) is 13.1. The zero-order valence-electron chi connectivity index (χ0n) is 10.1. The molecule has 1 heterocycles. The van der Waals surface area contributed by atoms with Gasteiger partial charge in [0.05, 0.1) is 5.56 Å². The summed E-state index contributed by atoms with van der Waals surface area (Å²) < 4.78 is 5.44. The van der Waals surface area contributed by atoms with Crippen molar-refractivity contribution in [1.82, 2.24) is 9.88 Å². The van der Waals surface area contributed by atoms with E-state index >= 15 is 0 Å². The summed E-state index contributed by atoms with van der Waals surface area (Å²) in [6, 6.07) is 2.03. The minimum atomic E-state index is -1.05. The Balaban J connectivity index is 1.86. The number of carboxylic acid groups (broad SMARTS) is 1. The summed E-state index contributed by atoms with van der Waals surface area (Å²) in [6.07, 6.45) is 3.75. The van der Waals surface area contributed by atoms with Crippen molar-refractivity contribution in [2.24, 2.45) is 0 Å². The van der Waals surface area contributed by atoms with Crippen molar-refractivity contribution in [2.75, 3.05) is 20.2 Å². The molecule has 5 nitrogen and oxygen atoms in total. The van der Waals surface area contributed by atoms with E-state index < -0.39 is 5.97 Å². The molecular formula is C12H15ClN2O3. The number of nitrogens with zero attached hydrogens (tertiary/aromatic N) is 2. The van der Waals surface area contributed by atoms with Gasteiger partial charge in [-0.25, -0.2) is 9.78 Å². The molecule has 0 atom stereocenters. The Hall–Kier alpha value is -1.33. The van der Waals surface area contributed by atoms with Gasteiger partial charge >= 0.3 is 5.97 Å². The first-order valence-corrected chi connectivity index (χ1v) is 6.17. The lowest BCUT2D eigenvalue weighted by Crippen LogP contribution is -2.26. The van der Waals surface area contributed by atoms with E-state index in [9.17, 15) is 4.79 Å². The molecule has 0 unspecified atom stereocenters. The predicted octanol–water partition coefficient (Wildman–Crippen LogP) is 1.91. The van der Waals surface area contributed by atoms with Crippen molar-refractivity contribution in [3.8, 4) is 5.88 Å². The van der Waals surface area contributed by atoms with Crippen LogP contribution < -0.4 is 4.74 Å². The van der Waals surface area contributed by atoms with Gasteiger partial charge in [0.15, 0.2) is 0 Å². The number of hydrogen-bond donors (Lipinski definition) is 1. The van der Waals surface area contributed by atoms with Crippen LogP contribution in [-0.4, -0.2) is 47.2 Å². The summed E-state index contributed by atoms with van der Waals surface area (Å²) in [7, 11) is 2.06. The summed E-state index contributed by atoms with van der Waals surface area (Å²) in [6.45, 7) is 1.30. The van der Waals surface area contributed by atoms with Crippen LogP contribution in [0.25, 0.3) is 0 Å². The monoisotopic (exact) mass is 270 g/mol. The molecule has 0 radical (unpaired) electrons. The Labute approximate surface area is 110 Å². The summed E-state index contributed by atoms with van der Waals surface area (Å²) in [4.78, 5) is 16.8. The molecule has 1 fully saturated rings. The van der Waals surface area contributed by atoms with Gasteiger partial charge in [0.1, 0.15) is 11.6 Å². The maximum absolute atomic E-state index is 10.7. The Morgan fingerprint density at radius 3 is 2.94 bits per heavy atom. The van der Waals surface area contributed by atoms with Gasteiger partial charge in [-0.1, -0.05) is 11.6 Å². The smallest absolute Gasteiger partial charge is 0.337 e. The fraction of sp³-hybridized carbons (Fsp3) is 0.500. The number of ether oxygens (including phenoxy) is 1. The van der Waals surface area contributed by atoms with Gasteiger partial charge in [-0.2, -0.15) is 0 Å². The Morgan fingerprint density at radius 2 is 2.39 bits per heavy atom. The SMILES string of the molecule is CN(CCOc1ncc(C(=O)O)cc1Cl)C1CC1. The van der Waals surface area contributed by atoms with Crippen molar-refractivity contribution >= 4 is 17.6 Å². The maximum Gasteiger partial charge on any atom is 0.337 e. The molecule has 0 saturated heterocycles. The topological polar surface area (TPSA) is 62.7 Å². The van der Waals surface area contributed by atoms with Crippen molar-refractivity contribution in [3.63, 3.8) is 0 Å². The summed E-state index contributed by atoms with van der Waals surface area (Å²) >= 11 is 5.90. The normalized spacial score (nSPS) is 14.8. The maximum atomic E-state index is 10.7. The summed E-state index contributed by atoms with van der Waals surface area (Å²) in [5.41, 5.74) is 0.0578. The molecule has 1 aliphatic rings. The number of carboxylic acids is 1. The average Bonchev–Trinajstić information content (AvgIpc) is 3.14. The molecule has 0 amide bonds. The molecule has 0 aromatic carbocycles. The Kier molecular flexibility index (Phi) is 4.04. The van der Waals surface area contributed by atoms with Gasteiger partial charge < -0.3 is 14.7 Å². The van der Waals surface area contributed by atoms with E-state index in [4.69, 9.17) is 21.4 Å². The van der Waals surface area contributed by atoms with E-state index in [0.717, 1.165) is 6.54 Å². The second-order valence-corrected chi connectivity index (χ2v) is 4.78. The molecular weight excluding hydrogens is 256 g/mol. The molecule has 2 rings (SSSR count). The van der Waals surface area contributed by atoms with Gasteiger partial charge in [0, 0.05) is 18.8 Å². The predicted molar refractivity (Wildman–Crippen MR) is 67.4 cm³/mol. The van der Waals surface area contributed by atoms with Crippen molar-refractivity contribution < 1.29 is 14.6 Å². The first-order chi connectivity index (χ1) is 8.58. The number of aromatic carboxylic acids is 1. The van der Waals surface area contributed by atoms with Crippen LogP contribution in [0.4, 0.5) is 0 Å². The molecule has 1 aliphatic carbocycles. The molecule has 1 aromatic heterocycles. The number of hydrogen-bond acceptors (Lipinski definition) is 4. The Morgan fingerprint density at radius 1 is 1.67 bits per heavy atom. The quantitative estimate of drug-likeness (QED) is 0.855. The van der Waals surface area contributed by atoms with E-state index in [-0.39, 0.29) is 16.5 Å². The third-order valence-corrected chi connectivity index (χ3v) is 3.18. The lowest BCUT2D eigenvalue weighted by molar-refractivity contribution is 0.0696. The highest BCUT2D eigenvalue weighted by Gasteiger charge is 2.25. The highest BCUT2D eigenvalue weighted by Crippen LogP contribution is 2.25. The second-order valence-electron chi connectivity index (χ2n) is 4.38. The number of aromatic nitrogens is 1. The van der Waals surface area contributed by atoms with E-state index in [1.165, 1.54) is 25.1 Å². The fourth-order valence-corrected chi connectivity index (χ4v) is 1.85.